The molecule has 0 bridgehead atoms. The molecule has 1 rings (SSSR count). The van der Waals surface area contributed by atoms with Crippen molar-refractivity contribution in [3.63, 3.8) is 0 Å². The second-order valence-corrected chi connectivity index (χ2v) is 2.55. The van der Waals surface area contributed by atoms with Gasteiger partial charge in [0.2, 0.25) is 0 Å². The van der Waals surface area contributed by atoms with Gasteiger partial charge in [-0.1, -0.05) is 0 Å². The van der Waals surface area contributed by atoms with Crippen molar-refractivity contribution < 1.29 is 9.53 Å². The molecule has 1 N–H and O–H groups in total. The van der Waals surface area contributed by atoms with Gasteiger partial charge >= 0.3 is 5.97 Å². The number of halogens is 1. The average Bonchev–Trinajstić information content (AvgIpc) is 2.18. The maximum absolute atomic E-state index is 11.2. The Morgan fingerprint density at radius 2 is 1.93 bits per heavy atom. The number of ether oxygens (including phenoxy) is 1. The first-order valence-electron chi connectivity index (χ1n) is 4.23. The smallest absolute Gasteiger partial charge is 0.338 e. The lowest BCUT2D eigenvalue weighted by atomic mass is 10.2. The van der Waals surface area contributed by atoms with E-state index in [0.29, 0.717) is 12.2 Å². The fraction of sp³-hybridized carbons (Fsp3) is 0.300. The second kappa shape index (κ2) is 6.27. The minimum absolute atomic E-state index is 0. The predicted octanol–water partition coefficient (Wildman–Crippen LogP) is 2.33. The number of hydrogen-bond acceptors (Lipinski definition) is 3. The fourth-order valence-electron chi connectivity index (χ4n) is 0.987. The fourth-order valence-corrected chi connectivity index (χ4v) is 0.987. The number of esters is 1. The molecule has 0 aliphatic carbocycles. The molecule has 0 aliphatic rings. The van der Waals surface area contributed by atoms with Crippen LogP contribution < -0.4 is 5.32 Å². The van der Waals surface area contributed by atoms with Crippen molar-refractivity contribution in [2.24, 2.45) is 0 Å². The number of anilines is 1. The molecule has 3 nitrogen and oxygen atoms in total. The summed E-state index contributed by atoms with van der Waals surface area (Å²) < 4.78 is 4.84. The van der Waals surface area contributed by atoms with E-state index in [1.54, 1.807) is 19.1 Å². The van der Waals surface area contributed by atoms with E-state index in [4.69, 9.17) is 4.74 Å². The van der Waals surface area contributed by atoms with Crippen LogP contribution in [0.4, 0.5) is 5.69 Å². The van der Waals surface area contributed by atoms with Gasteiger partial charge in [0, 0.05) is 12.7 Å². The first-order chi connectivity index (χ1) is 6.27. The number of rotatable bonds is 3. The summed E-state index contributed by atoms with van der Waals surface area (Å²) >= 11 is 0. The Bertz CT molecular complexity index is 285. The van der Waals surface area contributed by atoms with Crippen molar-refractivity contribution in [2.75, 3.05) is 19.0 Å². The Labute approximate surface area is 89.9 Å². The third-order valence-electron chi connectivity index (χ3n) is 1.68. The Morgan fingerprint density at radius 3 is 2.36 bits per heavy atom. The summed E-state index contributed by atoms with van der Waals surface area (Å²) in [5.41, 5.74) is 1.56. The van der Waals surface area contributed by atoms with Crippen LogP contribution in [0.1, 0.15) is 17.3 Å². The molecular formula is C10H14ClNO2. The van der Waals surface area contributed by atoms with E-state index < -0.39 is 0 Å². The van der Waals surface area contributed by atoms with Gasteiger partial charge in [-0.3, -0.25) is 0 Å². The van der Waals surface area contributed by atoms with Gasteiger partial charge in [0.1, 0.15) is 0 Å². The van der Waals surface area contributed by atoms with Crippen molar-refractivity contribution in [3.8, 4) is 0 Å². The molecule has 0 aliphatic heterocycles. The number of nitrogens with one attached hydrogen (secondary N) is 1. The van der Waals surface area contributed by atoms with Crippen LogP contribution in [-0.2, 0) is 4.74 Å². The maximum Gasteiger partial charge on any atom is 0.338 e. The quantitative estimate of drug-likeness (QED) is 0.787. The summed E-state index contributed by atoms with van der Waals surface area (Å²) in [4.78, 5) is 11.2. The van der Waals surface area contributed by atoms with Crippen LogP contribution in [0, 0.1) is 0 Å². The predicted molar refractivity (Wildman–Crippen MR) is 59.2 cm³/mol. The molecule has 0 heterocycles. The lowest BCUT2D eigenvalue weighted by molar-refractivity contribution is 0.0526. The standard InChI is InChI=1S/C10H13NO2.ClH/c1-3-13-10(12)8-4-6-9(11-2)7-5-8;/h4-7,11H,3H2,1-2H3;1H. The Kier molecular flexibility index (Phi) is 5.72. The molecule has 1 aromatic carbocycles. The third kappa shape index (κ3) is 3.26. The van der Waals surface area contributed by atoms with Crippen LogP contribution in [0.2, 0.25) is 0 Å². The van der Waals surface area contributed by atoms with E-state index in [9.17, 15) is 4.79 Å². The molecular weight excluding hydrogens is 202 g/mol. The van der Waals surface area contributed by atoms with E-state index in [-0.39, 0.29) is 18.4 Å². The zero-order valence-electron chi connectivity index (χ0n) is 8.24. The summed E-state index contributed by atoms with van der Waals surface area (Å²) in [7, 11) is 1.83. The summed E-state index contributed by atoms with van der Waals surface area (Å²) in [5, 5.41) is 2.97. The van der Waals surface area contributed by atoms with E-state index in [2.05, 4.69) is 5.32 Å². The number of carbonyl (C=O) groups excluding carboxylic acids is 1. The van der Waals surface area contributed by atoms with E-state index >= 15 is 0 Å². The Morgan fingerprint density at radius 1 is 1.36 bits per heavy atom. The molecule has 0 atom stereocenters. The van der Waals surface area contributed by atoms with Crippen LogP contribution in [0.3, 0.4) is 0 Å². The molecule has 0 fully saturated rings. The second-order valence-electron chi connectivity index (χ2n) is 2.55. The summed E-state index contributed by atoms with van der Waals surface area (Å²) in [6.45, 7) is 2.20. The van der Waals surface area contributed by atoms with Gasteiger partial charge in [-0.2, -0.15) is 0 Å². The molecule has 14 heavy (non-hydrogen) atoms. The van der Waals surface area contributed by atoms with Crippen LogP contribution in [0.5, 0.6) is 0 Å². The Hall–Kier alpha value is -1.22. The van der Waals surface area contributed by atoms with Crippen LogP contribution in [-0.4, -0.2) is 19.6 Å². The van der Waals surface area contributed by atoms with Crippen molar-refractivity contribution in [2.45, 2.75) is 6.92 Å². The Balaban J connectivity index is 0.00000169. The van der Waals surface area contributed by atoms with Gasteiger partial charge in [-0.05, 0) is 31.2 Å². The largest absolute Gasteiger partial charge is 0.462 e. The zero-order chi connectivity index (χ0) is 9.68. The summed E-state index contributed by atoms with van der Waals surface area (Å²) in [5.74, 6) is -0.273. The van der Waals surface area contributed by atoms with Gasteiger partial charge in [0.15, 0.2) is 0 Å². The molecule has 0 spiro atoms. The highest BCUT2D eigenvalue weighted by atomic mass is 35.5. The molecule has 0 unspecified atom stereocenters. The van der Waals surface area contributed by atoms with Crippen LogP contribution in [0.15, 0.2) is 24.3 Å². The molecule has 0 saturated heterocycles. The molecule has 0 radical (unpaired) electrons. The number of carbonyl (C=O) groups is 1. The third-order valence-corrected chi connectivity index (χ3v) is 1.68. The van der Waals surface area contributed by atoms with Crippen LogP contribution in [0.25, 0.3) is 0 Å². The highest BCUT2D eigenvalue weighted by Crippen LogP contribution is 2.09. The van der Waals surface area contributed by atoms with E-state index in [1.165, 1.54) is 0 Å². The van der Waals surface area contributed by atoms with Crippen molar-refractivity contribution in [3.05, 3.63) is 29.8 Å². The highest BCUT2D eigenvalue weighted by molar-refractivity contribution is 5.89. The first kappa shape index (κ1) is 12.8. The minimum atomic E-state index is -0.273. The van der Waals surface area contributed by atoms with E-state index in [0.717, 1.165) is 5.69 Å². The average molecular weight is 216 g/mol. The van der Waals surface area contributed by atoms with Crippen LogP contribution >= 0.6 is 12.4 Å². The lowest BCUT2D eigenvalue weighted by Crippen LogP contribution is -2.04. The van der Waals surface area contributed by atoms with Gasteiger partial charge in [-0.25, -0.2) is 4.79 Å². The lowest BCUT2D eigenvalue weighted by Gasteiger charge is -2.02. The number of benzene rings is 1. The first-order valence-corrected chi connectivity index (χ1v) is 4.23. The molecule has 1 aromatic rings. The topological polar surface area (TPSA) is 38.3 Å². The minimum Gasteiger partial charge on any atom is -0.462 e. The number of hydrogen-bond donors (Lipinski definition) is 1. The van der Waals surface area contributed by atoms with Crippen molar-refractivity contribution in [1.82, 2.24) is 0 Å². The molecule has 4 heteroatoms. The SMILES string of the molecule is CCOC(=O)c1ccc(NC)cc1.Cl. The maximum atomic E-state index is 11.2. The zero-order valence-corrected chi connectivity index (χ0v) is 9.06. The van der Waals surface area contributed by atoms with Crippen molar-refractivity contribution >= 4 is 24.1 Å². The molecule has 78 valence electrons. The van der Waals surface area contributed by atoms with Gasteiger partial charge in [0.25, 0.3) is 0 Å². The van der Waals surface area contributed by atoms with Gasteiger partial charge in [-0.15, -0.1) is 12.4 Å². The summed E-state index contributed by atoms with van der Waals surface area (Å²) in [6.07, 6.45) is 0. The molecule has 0 amide bonds. The normalized spacial score (nSPS) is 8.71. The van der Waals surface area contributed by atoms with Gasteiger partial charge in [0.05, 0.1) is 12.2 Å². The monoisotopic (exact) mass is 215 g/mol. The summed E-state index contributed by atoms with van der Waals surface area (Å²) in [6, 6.07) is 7.16. The molecule has 0 aromatic heterocycles. The molecule has 0 saturated carbocycles. The highest BCUT2D eigenvalue weighted by Gasteiger charge is 2.04. The van der Waals surface area contributed by atoms with Gasteiger partial charge < -0.3 is 10.1 Å². The van der Waals surface area contributed by atoms with Crippen molar-refractivity contribution in [1.29, 1.82) is 0 Å². The van der Waals surface area contributed by atoms with E-state index in [1.807, 2.05) is 19.2 Å².